The van der Waals surface area contributed by atoms with Crippen LogP contribution in [0.15, 0.2) is 47.7 Å². The third-order valence-corrected chi connectivity index (χ3v) is 2.72. The topological polar surface area (TPSA) is 137 Å². The second-order valence-electron chi connectivity index (χ2n) is 4.33. The van der Waals surface area contributed by atoms with Gasteiger partial charge >= 0.3 is 0 Å². The molecule has 1 rings (SSSR count). The second-order valence-corrected chi connectivity index (χ2v) is 4.33. The number of hydrogen-bond acceptors (Lipinski definition) is 5. The minimum Gasteiger partial charge on any atom is -0.504 e. The lowest BCUT2D eigenvalue weighted by Crippen LogP contribution is -2.39. The van der Waals surface area contributed by atoms with Gasteiger partial charge < -0.3 is 26.6 Å². The maximum atomic E-state index is 11.8. The summed E-state index contributed by atoms with van der Waals surface area (Å²) in [7, 11) is 0. The molecule has 0 aliphatic rings. The predicted molar refractivity (Wildman–Crippen MR) is 85.8 cm³/mol. The third kappa shape index (κ3) is 5.20. The number of hydrogen-bond donors (Lipinski definition) is 5. The summed E-state index contributed by atoms with van der Waals surface area (Å²) < 4.78 is 0. The van der Waals surface area contributed by atoms with Crippen molar-refractivity contribution >= 4 is 17.6 Å². The van der Waals surface area contributed by atoms with Gasteiger partial charge in [-0.2, -0.15) is 0 Å². The van der Waals surface area contributed by atoms with Crippen LogP contribution >= 0.6 is 0 Å². The molecule has 0 saturated carbocycles. The molecule has 0 radical (unpaired) electrons. The number of benzene rings is 1. The summed E-state index contributed by atoms with van der Waals surface area (Å²) in [6.45, 7) is 4.76. The zero-order valence-corrected chi connectivity index (χ0v) is 12.5. The normalized spacial score (nSPS) is 11.7. The van der Waals surface area contributed by atoms with Crippen molar-refractivity contribution in [3.8, 4) is 11.5 Å². The molecule has 1 aromatic carbocycles. The van der Waals surface area contributed by atoms with Crippen molar-refractivity contribution < 1.29 is 19.8 Å². The number of aromatic hydroxyl groups is 2. The molecule has 1 aromatic rings. The Morgan fingerprint density at radius 1 is 1.35 bits per heavy atom. The molecule has 0 saturated heterocycles. The van der Waals surface area contributed by atoms with E-state index in [0.29, 0.717) is 5.70 Å². The van der Waals surface area contributed by atoms with Crippen molar-refractivity contribution in [2.24, 2.45) is 10.7 Å². The minimum absolute atomic E-state index is 0.0885. The van der Waals surface area contributed by atoms with Gasteiger partial charge in [-0.1, -0.05) is 12.7 Å². The van der Waals surface area contributed by atoms with Gasteiger partial charge in [-0.25, -0.2) is 4.99 Å². The molecule has 0 aliphatic carbocycles. The van der Waals surface area contributed by atoms with Crippen LogP contribution in [0, 0.1) is 0 Å². The molecular formula is C15H18N4O4. The Bertz CT molecular complexity index is 680. The third-order valence-electron chi connectivity index (χ3n) is 2.72. The number of aliphatic imine (C=N–C) groups is 1. The molecule has 0 atom stereocenters. The summed E-state index contributed by atoms with van der Waals surface area (Å²) in [4.78, 5) is 27.4. The largest absolute Gasteiger partial charge is 0.504 e. The SMILES string of the molecule is C=CN=C(N)/C(=C\C)NC(=O)CNC(=O)c1ccc(O)c(O)c1. The van der Waals surface area contributed by atoms with E-state index in [-0.39, 0.29) is 23.7 Å². The summed E-state index contributed by atoms with van der Waals surface area (Å²) in [6.07, 6.45) is 2.80. The molecule has 0 spiro atoms. The Morgan fingerprint density at radius 2 is 2.04 bits per heavy atom. The van der Waals surface area contributed by atoms with Crippen LogP contribution in [0.1, 0.15) is 17.3 Å². The van der Waals surface area contributed by atoms with Crippen LogP contribution in [-0.4, -0.2) is 34.4 Å². The molecule has 0 aromatic heterocycles. The van der Waals surface area contributed by atoms with Gasteiger partial charge in [0.1, 0.15) is 5.84 Å². The zero-order chi connectivity index (χ0) is 17.4. The average Bonchev–Trinajstić information content (AvgIpc) is 2.53. The van der Waals surface area contributed by atoms with Gasteiger partial charge in [0.15, 0.2) is 11.5 Å². The van der Waals surface area contributed by atoms with Crippen LogP contribution in [0.4, 0.5) is 0 Å². The number of nitrogens with zero attached hydrogens (tertiary/aromatic N) is 1. The number of phenolic OH excluding ortho intramolecular Hbond substituents is 2. The van der Waals surface area contributed by atoms with Crippen LogP contribution in [-0.2, 0) is 4.79 Å². The van der Waals surface area contributed by atoms with Gasteiger partial charge in [0.05, 0.1) is 12.2 Å². The highest BCUT2D eigenvalue weighted by Crippen LogP contribution is 2.24. The number of nitrogens with two attached hydrogens (primary N) is 1. The summed E-state index contributed by atoms with van der Waals surface area (Å²) in [5, 5.41) is 23.4. The lowest BCUT2D eigenvalue weighted by molar-refractivity contribution is -0.119. The van der Waals surface area contributed by atoms with Crippen LogP contribution in [0.5, 0.6) is 11.5 Å². The Hall–Kier alpha value is -3.29. The Labute approximate surface area is 133 Å². The van der Waals surface area contributed by atoms with E-state index < -0.39 is 17.6 Å². The van der Waals surface area contributed by atoms with Gasteiger partial charge in [-0.05, 0) is 25.1 Å². The van der Waals surface area contributed by atoms with E-state index in [2.05, 4.69) is 22.2 Å². The second kappa shape index (κ2) is 8.23. The van der Waals surface area contributed by atoms with Gasteiger partial charge in [-0.15, -0.1) is 0 Å². The first-order valence-electron chi connectivity index (χ1n) is 6.60. The van der Waals surface area contributed by atoms with Crippen LogP contribution in [0.2, 0.25) is 0 Å². The fourth-order valence-corrected chi connectivity index (χ4v) is 1.57. The molecule has 122 valence electrons. The molecule has 0 heterocycles. The number of rotatable bonds is 6. The lowest BCUT2D eigenvalue weighted by Gasteiger charge is -2.10. The van der Waals surface area contributed by atoms with Gasteiger partial charge in [0, 0.05) is 11.8 Å². The molecule has 0 aliphatic heterocycles. The van der Waals surface area contributed by atoms with Gasteiger partial charge in [0.2, 0.25) is 5.91 Å². The quantitative estimate of drug-likeness (QED) is 0.293. The van der Waals surface area contributed by atoms with Crippen molar-refractivity contribution in [2.75, 3.05) is 6.54 Å². The van der Waals surface area contributed by atoms with E-state index >= 15 is 0 Å². The summed E-state index contributed by atoms with van der Waals surface area (Å²) in [6, 6.07) is 3.58. The standard InChI is InChI=1S/C15H18N4O4/c1-3-10(14(16)17-4-2)19-13(22)8-18-15(23)9-5-6-11(20)12(21)7-9/h3-7,20-21H,2,8H2,1H3,(H2,16,17)(H,18,23)(H,19,22)/b10-3+. The van der Waals surface area contributed by atoms with E-state index in [4.69, 9.17) is 5.73 Å². The van der Waals surface area contributed by atoms with Crippen molar-refractivity contribution in [3.05, 3.63) is 48.3 Å². The number of carbonyl (C=O) groups excluding carboxylic acids is 2. The van der Waals surface area contributed by atoms with E-state index in [9.17, 15) is 19.8 Å². The highest BCUT2D eigenvalue weighted by Gasteiger charge is 2.12. The molecular weight excluding hydrogens is 300 g/mol. The molecule has 8 nitrogen and oxygen atoms in total. The Morgan fingerprint density at radius 3 is 2.61 bits per heavy atom. The van der Waals surface area contributed by atoms with Crippen molar-refractivity contribution in [1.82, 2.24) is 10.6 Å². The van der Waals surface area contributed by atoms with E-state index in [1.54, 1.807) is 13.0 Å². The molecule has 23 heavy (non-hydrogen) atoms. The van der Waals surface area contributed by atoms with E-state index in [0.717, 1.165) is 6.07 Å². The first-order valence-corrected chi connectivity index (χ1v) is 6.60. The highest BCUT2D eigenvalue weighted by molar-refractivity contribution is 6.02. The Kier molecular flexibility index (Phi) is 6.35. The van der Waals surface area contributed by atoms with Crippen molar-refractivity contribution in [1.29, 1.82) is 0 Å². The minimum atomic E-state index is -0.579. The zero-order valence-electron chi connectivity index (χ0n) is 12.5. The lowest BCUT2D eigenvalue weighted by atomic mass is 10.2. The van der Waals surface area contributed by atoms with E-state index in [1.165, 1.54) is 18.3 Å². The molecule has 0 fully saturated rings. The number of phenols is 2. The summed E-state index contributed by atoms with van der Waals surface area (Å²) in [5.41, 5.74) is 6.02. The van der Waals surface area contributed by atoms with Crippen LogP contribution in [0.25, 0.3) is 0 Å². The monoisotopic (exact) mass is 318 g/mol. The average molecular weight is 318 g/mol. The Balaban J connectivity index is 2.62. The fourth-order valence-electron chi connectivity index (χ4n) is 1.57. The van der Waals surface area contributed by atoms with E-state index in [1.807, 2.05) is 0 Å². The molecule has 2 amide bonds. The number of nitrogens with one attached hydrogen (secondary N) is 2. The first kappa shape index (κ1) is 17.8. The molecule has 0 bridgehead atoms. The van der Waals surface area contributed by atoms with Gasteiger partial charge in [0.25, 0.3) is 5.91 Å². The fraction of sp³-hybridized carbons (Fsp3) is 0.133. The molecule has 0 unspecified atom stereocenters. The highest BCUT2D eigenvalue weighted by atomic mass is 16.3. The van der Waals surface area contributed by atoms with Crippen LogP contribution < -0.4 is 16.4 Å². The molecule has 8 heteroatoms. The van der Waals surface area contributed by atoms with Crippen LogP contribution in [0.3, 0.4) is 0 Å². The first-order chi connectivity index (χ1) is 10.9. The summed E-state index contributed by atoms with van der Waals surface area (Å²) >= 11 is 0. The van der Waals surface area contributed by atoms with Crippen molar-refractivity contribution in [3.63, 3.8) is 0 Å². The van der Waals surface area contributed by atoms with Crippen molar-refractivity contribution in [2.45, 2.75) is 6.92 Å². The number of carbonyl (C=O) groups is 2. The predicted octanol–water partition coefficient (Wildman–Crippen LogP) is 0.348. The maximum Gasteiger partial charge on any atom is 0.251 e. The number of allylic oxidation sites excluding steroid dienone is 1. The number of amides is 2. The summed E-state index contributed by atoms with van der Waals surface area (Å²) in [5.74, 6) is -1.76. The smallest absolute Gasteiger partial charge is 0.251 e. The maximum absolute atomic E-state index is 11.8. The number of amidine groups is 1. The molecule has 6 N–H and O–H groups in total. The van der Waals surface area contributed by atoms with Gasteiger partial charge in [-0.3, -0.25) is 9.59 Å².